The molecular weight excluding hydrogens is 246 g/mol. The maximum atomic E-state index is 12.3. The first kappa shape index (κ1) is 12.6. The number of halogens is 2. The van der Waals surface area contributed by atoms with E-state index in [4.69, 9.17) is 5.14 Å². The number of aromatic nitrogens is 1. The first-order chi connectivity index (χ1) is 7.29. The van der Waals surface area contributed by atoms with Crippen LogP contribution in [-0.2, 0) is 10.0 Å². The van der Waals surface area contributed by atoms with Crippen LogP contribution < -0.4 is 9.88 Å². The van der Waals surface area contributed by atoms with Gasteiger partial charge in [0, 0.05) is 0 Å². The number of hydrogen-bond donors (Lipinski definition) is 2. The summed E-state index contributed by atoms with van der Waals surface area (Å²) in [6.07, 6.45) is -2.37. The van der Waals surface area contributed by atoms with Crippen molar-refractivity contribution in [1.29, 1.82) is 0 Å². The third kappa shape index (κ3) is 2.19. The van der Waals surface area contributed by atoms with E-state index in [-0.39, 0.29) is 0 Å². The number of nitrogens with zero attached hydrogens (tertiary/aromatic N) is 1. The van der Waals surface area contributed by atoms with Gasteiger partial charge in [-0.25, -0.2) is 27.3 Å². The lowest BCUT2D eigenvalue weighted by atomic mass is 10.3. The van der Waals surface area contributed by atoms with Gasteiger partial charge in [0.15, 0.2) is 16.4 Å². The highest BCUT2D eigenvalue weighted by Crippen LogP contribution is 2.36. The van der Waals surface area contributed by atoms with Gasteiger partial charge >= 0.3 is 0 Å². The molecular formula is C7H8F2N2O4S. The molecule has 0 amide bonds. The number of alkyl halides is 2. The van der Waals surface area contributed by atoms with Crippen LogP contribution in [0.1, 0.15) is 12.1 Å². The summed E-state index contributed by atoms with van der Waals surface area (Å²) in [6.45, 7) is 0. The van der Waals surface area contributed by atoms with Crippen molar-refractivity contribution >= 4 is 10.0 Å². The fourth-order valence-electron chi connectivity index (χ4n) is 1.06. The van der Waals surface area contributed by atoms with E-state index in [0.29, 0.717) is 0 Å². The summed E-state index contributed by atoms with van der Waals surface area (Å²) in [5, 5.41) is 14.1. The van der Waals surface area contributed by atoms with Gasteiger partial charge < -0.3 is 9.84 Å². The second-order valence-corrected chi connectivity index (χ2v) is 4.23. The molecule has 1 aromatic rings. The summed E-state index contributed by atoms with van der Waals surface area (Å²) >= 11 is 0. The summed E-state index contributed by atoms with van der Waals surface area (Å²) < 4.78 is 51.4. The Balaban J connectivity index is 3.60. The van der Waals surface area contributed by atoms with E-state index < -0.39 is 38.5 Å². The largest absolute Gasteiger partial charge is 0.504 e. The van der Waals surface area contributed by atoms with Crippen LogP contribution >= 0.6 is 0 Å². The van der Waals surface area contributed by atoms with Crippen LogP contribution in [0.25, 0.3) is 0 Å². The molecule has 0 atom stereocenters. The Morgan fingerprint density at radius 1 is 1.56 bits per heavy atom. The number of primary sulfonamides is 1. The van der Waals surface area contributed by atoms with Crippen molar-refractivity contribution in [3.05, 3.63) is 11.9 Å². The van der Waals surface area contributed by atoms with E-state index in [1.54, 1.807) is 0 Å². The minimum absolute atomic E-state index is 0.399. The normalized spacial score (nSPS) is 11.8. The number of hydrogen-bond acceptors (Lipinski definition) is 5. The average molecular weight is 254 g/mol. The lowest BCUT2D eigenvalue weighted by Gasteiger charge is -2.10. The predicted octanol–water partition coefficient (Wildman–Crippen LogP) is 0.381. The Morgan fingerprint density at radius 2 is 2.12 bits per heavy atom. The van der Waals surface area contributed by atoms with Gasteiger partial charge in [0.2, 0.25) is 10.0 Å². The van der Waals surface area contributed by atoms with Gasteiger partial charge in [-0.05, 0) is 0 Å². The number of nitrogens with two attached hydrogens (primary N) is 1. The van der Waals surface area contributed by atoms with Crippen LogP contribution in [0.5, 0.6) is 11.5 Å². The SMILES string of the molecule is COc1cnc(C(F)F)c(O)c1S(N)(=O)=O. The van der Waals surface area contributed by atoms with Crippen molar-refractivity contribution in [2.24, 2.45) is 5.14 Å². The molecule has 1 aromatic heterocycles. The molecule has 9 heteroatoms. The number of methoxy groups -OCH3 is 1. The van der Waals surface area contributed by atoms with E-state index in [1.165, 1.54) is 0 Å². The van der Waals surface area contributed by atoms with Gasteiger partial charge in [0.25, 0.3) is 6.43 Å². The lowest BCUT2D eigenvalue weighted by molar-refractivity contribution is 0.140. The topological polar surface area (TPSA) is 103 Å². The Hall–Kier alpha value is -1.48. The molecule has 16 heavy (non-hydrogen) atoms. The van der Waals surface area contributed by atoms with Crippen LogP contribution in [0.3, 0.4) is 0 Å². The quantitative estimate of drug-likeness (QED) is 0.811. The molecule has 90 valence electrons. The summed E-state index contributed by atoms with van der Waals surface area (Å²) in [7, 11) is -3.29. The molecule has 0 aromatic carbocycles. The zero-order chi connectivity index (χ0) is 12.5. The molecule has 1 rings (SSSR count). The molecule has 0 saturated heterocycles. The first-order valence-electron chi connectivity index (χ1n) is 3.85. The van der Waals surface area contributed by atoms with Crippen LogP contribution in [0.2, 0.25) is 0 Å². The number of ether oxygens (including phenoxy) is 1. The molecule has 1 heterocycles. The number of aromatic hydroxyl groups is 1. The molecule has 0 spiro atoms. The molecule has 0 radical (unpaired) electrons. The number of sulfonamides is 1. The molecule has 0 bridgehead atoms. The molecule has 0 saturated carbocycles. The smallest absolute Gasteiger partial charge is 0.284 e. The second kappa shape index (κ2) is 4.18. The van der Waals surface area contributed by atoms with Crippen LogP contribution in [-0.4, -0.2) is 25.6 Å². The lowest BCUT2D eigenvalue weighted by Crippen LogP contribution is -2.15. The maximum Gasteiger partial charge on any atom is 0.284 e. The minimum atomic E-state index is -4.38. The van der Waals surface area contributed by atoms with E-state index >= 15 is 0 Å². The van der Waals surface area contributed by atoms with Crippen molar-refractivity contribution in [3.63, 3.8) is 0 Å². The Labute approximate surface area is 89.7 Å². The Bertz CT molecular complexity index is 503. The third-order valence-electron chi connectivity index (χ3n) is 1.71. The highest BCUT2D eigenvalue weighted by molar-refractivity contribution is 7.89. The van der Waals surface area contributed by atoms with E-state index in [9.17, 15) is 22.3 Å². The summed E-state index contributed by atoms with van der Waals surface area (Å²) in [4.78, 5) is 2.28. The van der Waals surface area contributed by atoms with Crippen molar-refractivity contribution in [2.45, 2.75) is 11.3 Å². The monoisotopic (exact) mass is 254 g/mol. The van der Waals surface area contributed by atoms with E-state index in [2.05, 4.69) is 9.72 Å². The zero-order valence-electron chi connectivity index (χ0n) is 8.02. The summed E-state index contributed by atoms with van der Waals surface area (Å²) in [6, 6.07) is 0. The fourth-order valence-corrected chi connectivity index (χ4v) is 1.85. The predicted molar refractivity (Wildman–Crippen MR) is 48.8 cm³/mol. The minimum Gasteiger partial charge on any atom is -0.504 e. The molecule has 0 aliphatic rings. The highest BCUT2D eigenvalue weighted by Gasteiger charge is 2.27. The molecule has 0 fully saturated rings. The molecule has 6 nitrogen and oxygen atoms in total. The van der Waals surface area contributed by atoms with E-state index in [0.717, 1.165) is 13.3 Å². The fraction of sp³-hybridized carbons (Fsp3) is 0.286. The van der Waals surface area contributed by atoms with Gasteiger partial charge in [-0.15, -0.1) is 0 Å². The summed E-state index contributed by atoms with van der Waals surface area (Å²) in [5.74, 6) is -1.60. The highest BCUT2D eigenvalue weighted by atomic mass is 32.2. The molecule has 3 N–H and O–H groups in total. The molecule has 0 aliphatic heterocycles. The van der Waals surface area contributed by atoms with Gasteiger partial charge in [0.05, 0.1) is 13.3 Å². The van der Waals surface area contributed by atoms with Crippen molar-refractivity contribution in [1.82, 2.24) is 4.98 Å². The van der Waals surface area contributed by atoms with Gasteiger partial charge in [-0.2, -0.15) is 0 Å². The summed E-state index contributed by atoms with van der Waals surface area (Å²) in [5.41, 5.74) is -1.06. The van der Waals surface area contributed by atoms with Gasteiger partial charge in [-0.3, -0.25) is 0 Å². The van der Waals surface area contributed by atoms with Crippen LogP contribution in [0.15, 0.2) is 11.1 Å². The van der Waals surface area contributed by atoms with Crippen molar-refractivity contribution < 1.29 is 27.0 Å². The van der Waals surface area contributed by atoms with Crippen molar-refractivity contribution in [3.8, 4) is 11.5 Å². The van der Waals surface area contributed by atoms with Crippen LogP contribution in [0.4, 0.5) is 8.78 Å². The Morgan fingerprint density at radius 3 is 2.50 bits per heavy atom. The number of pyridine rings is 1. The standard InChI is InChI=1S/C7H8F2N2O4S/c1-15-3-2-11-4(7(8)9)5(12)6(3)16(10,13)14/h2,7,12H,1H3,(H2,10,13,14). The van der Waals surface area contributed by atoms with E-state index in [1.807, 2.05) is 0 Å². The average Bonchev–Trinajstić information content (AvgIpc) is 2.14. The zero-order valence-corrected chi connectivity index (χ0v) is 8.83. The third-order valence-corrected chi connectivity index (χ3v) is 2.68. The van der Waals surface area contributed by atoms with Gasteiger partial charge in [0.1, 0.15) is 5.69 Å². The maximum absolute atomic E-state index is 12.3. The van der Waals surface area contributed by atoms with Crippen molar-refractivity contribution in [2.75, 3.05) is 7.11 Å². The first-order valence-corrected chi connectivity index (χ1v) is 5.40. The number of rotatable bonds is 3. The second-order valence-electron chi connectivity index (χ2n) is 2.74. The molecule has 0 aliphatic carbocycles. The van der Waals surface area contributed by atoms with Gasteiger partial charge in [-0.1, -0.05) is 0 Å². The molecule has 0 unspecified atom stereocenters. The van der Waals surface area contributed by atoms with Crippen LogP contribution in [0, 0.1) is 0 Å². The Kier molecular flexibility index (Phi) is 3.29.